The molecule has 1 amide bonds. The zero-order valence-electron chi connectivity index (χ0n) is 20.1. The highest BCUT2D eigenvalue weighted by Gasteiger charge is 2.36. The highest BCUT2D eigenvalue weighted by atomic mass is 79.9. The van der Waals surface area contributed by atoms with E-state index in [-0.39, 0.29) is 0 Å². The molecule has 182 valence electrons. The van der Waals surface area contributed by atoms with E-state index in [1.807, 2.05) is 19.1 Å². The van der Waals surface area contributed by atoms with Crippen molar-refractivity contribution in [2.24, 2.45) is 0 Å². The maximum atomic E-state index is 13.7. The molecule has 1 N–H and O–H groups in total. The van der Waals surface area contributed by atoms with Gasteiger partial charge in [0.1, 0.15) is 11.6 Å². The van der Waals surface area contributed by atoms with E-state index in [4.69, 9.17) is 9.47 Å². The molecule has 7 heteroatoms. The average Bonchev–Trinajstić information content (AvgIpc) is 2.81. The Kier molecular flexibility index (Phi) is 8.46. The Morgan fingerprint density at radius 2 is 1.43 bits per heavy atom. The highest BCUT2D eigenvalue weighted by molar-refractivity contribution is 9.10. The van der Waals surface area contributed by atoms with Crippen molar-refractivity contribution in [3.8, 4) is 0 Å². The number of amides is 1. The van der Waals surface area contributed by atoms with Crippen molar-refractivity contribution in [3.63, 3.8) is 0 Å². The van der Waals surface area contributed by atoms with E-state index in [9.17, 15) is 14.4 Å². The van der Waals surface area contributed by atoms with Crippen LogP contribution in [0.1, 0.15) is 58.7 Å². The number of alkyl carbamates (subject to hydrolysis) is 1. The van der Waals surface area contributed by atoms with Gasteiger partial charge in [-0.1, -0.05) is 76.1 Å². The molecule has 0 fully saturated rings. The highest BCUT2D eigenvalue weighted by Crippen LogP contribution is 2.26. The fraction of sp³-hybridized carbons (Fsp3) is 0.250. The summed E-state index contributed by atoms with van der Waals surface area (Å²) >= 11 is 3.37. The van der Waals surface area contributed by atoms with Gasteiger partial charge in [0, 0.05) is 10.0 Å². The molecule has 0 spiro atoms. The van der Waals surface area contributed by atoms with Crippen molar-refractivity contribution in [2.45, 2.75) is 45.4 Å². The van der Waals surface area contributed by atoms with Crippen LogP contribution in [0.15, 0.2) is 83.3 Å². The zero-order valence-corrected chi connectivity index (χ0v) is 21.7. The van der Waals surface area contributed by atoms with Crippen LogP contribution in [0, 0.1) is 6.92 Å². The van der Waals surface area contributed by atoms with Crippen LogP contribution in [-0.4, -0.2) is 29.6 Å². The fourth-order valence-corrected chi connectivity index (χ4v) is 3.62. The van der Waals surface area contributed by atoms with Gasteiger partial charge in [0.25, 0.3) is 0 Å². The standard InChI is InChI=1S/C28H28BrNO5/c1-18-10-12-19(13-11-18)23(30-27(33)35-28(2,3)4)25(24(31)20-14-16-22(29)17-15-20)34-26(32)21-8-6-5-7-9-21/h5-17,23,25H,1-4H3,(H,30,33). The summed E-state index contributed by atoms with van der Waals surface area (Å²) < 4.78 is 12.0. The van der Waals surface area contributed by atoms with Crippen molar-refractivity contribution in [1.29, 1.82) is 0 Å². The number of carbonyl (C=O) groups is 3. The van der Waals surface area contributed by atoms with Crippen LogP contribution in [0.2, 0.25) is 0 Å². The zero-order chi connectivity index (χ0) is 25.6. The molecule has 2 unspecified atom stereocenters. The van der Waals surface area contributed by atoms with Gasteiger partial charge in [-0.3, -0.25) is 4.79 Å². The SMILES string of the molecule is Cc1ccc(C(NC(=O)OC(C)(C)C)C(OC(=O)c2ccccc2)C(=O)c2ccc(Br)cc2)cc1. The number of benzene rings is 3. The molecule has 3 rings (SSSR count). The van der Waals surface area contributed by atoms with Gasteiger partial charge in [0.2, 0.25) is 5.78 Å². The summed E-state index contributed by atoms with van der Waals surface area (Å²) in [5.74, 6) is -1.13. The summed E-state index contributed by atoms with van der Waals surface area (Å²) in [7, 11) is 0. The normalized spacial score (nSPS) is 12.8. The van der Waals surface area contributed by atoms with E-state index in [2.05, 4.69) is 21.2 Å². The summed E-state index contributed by atoms with van der Waals surface area (Å²) in [6.07, 6.45) is -2.08. The first kappa shape index (κ1) is 26.2. The molecular formula is C28H28BrNO5. The van der Waals surface area contributed by atoms with Crippen molar-refractivity contribution in [3.05, 3.63) is 106 Å². The van der Waals surface area contributed by atoms with E-state index in [1.165, 1.54) is 0 Å². The number of halogens is 1. The molecule has 0 saturated carbocycles. The number of Topliss-reactive ketones (excluding diaryl/α,β-unsaturated/α-hetero) is 1. The van der Waals surface area contributed by atoms with Gasteiger partial charge in [0.05, 0.1) is 5.56 Å². The van der Waals surface area contributed by atoms with E-state index in [0.29, 0.717) is 16.7 Å². The predicted octanol–water partition coefficient (Wildman–Crippen LogP) is 6.43. The van der Waals surface area contributed by atoms with Gasteiger partial charge < -0.3 is 14.8 Å². The first-order valence-electron chi connectivity index (χ1n) is 11.2. The maximum Gasteiger partial charge on any atom is 0.408 e. The van der Waals surface area contributed by atoms with Crippen LogP contribution >= 0.6 is 15.9 Å². The molecule has 3 aromatic carbocycles. The molecule has 0 aromatic heterocycles. The minimum Gasteiger partial charge on any atom is -0.448 e. The van der Waals surface area contributed by atoms with Gasteiger partial charge in [-0.25, -0.2) is 9.59 Å². The summed E-state index contributed by atoms with van der Waals surface area (Å²) in [6.45, 7) is 7.16. The summed E-state index contributed by atoms with van der Waals surface area (Å²) in [4.78, 5) is 39.5. The number of hydrogen-bond acceptors (Lipinski definition) is 5. The number of nitrogens with one attached hydrogen (secondary N) is 1. The van der Waals surface area contributed by atoms with Crippen LogP contribution < -0.4 is 5.32 Å². The fourth-order valence-electron chi connectivity index (χ4n) is 3.35. The number of rotatable bonds is 7. The topological polar surface area (TPSA) is 81.7 Å². The van der Waals surface area contributed by atoms with Crippen LogP contribution in [-0.2, 0) is 9.47 Å². The smallest absolute Gasteiger partial charge is 0.408 e. The van der Waals surface area contributed by atoms with Crippen LogP contribution in [0.4, 0.5) is 4.79 Å². The molecular weight excluding hydrogens is 510 g/mol. The Labute approximate surface area is 213 Å². The molecule has 0 radical (unpaired) electrons. The Balaban J connectivity index is 2.05. The molecule has 6 nitrogen and oxygen atoms in total. The van der Waals surface area contributed by atoms with Crippen molar-refractivity contribution in [2.75, 3.05) is 0 Å². The molecule has 0 saturated heterocycles. The van der Waals surface area contributed by atoms with Crippen molar-refractivity contribution >= 4 is 33.8 Å². The lowest BCUT2D eigenvalue weighted by Gasteiger charge is -2.29. The lowest BCUT2D eigenvalue weighted by atomic mass is 9.94. The monoisotopic (exact) mass is 537 g/mol. The van der Waals surface area contributed by atoms with Gasteiger partial charge >= 0.3 is 12.1 Å². The van der Waals surface area contributed by atoms with Crippen LogP contribution in [0.5, 0.6) is 0 Å². The molecule has 2 atom stereocenters. The van der Waals surface area contributed by atoms with E-state index in [0.717, 1.165) is 10.0 Å². The number of aryl methyl sites for hydroxylation is 1. The number of carbonyl (C=O) groups excluding carboxylic acids is 3. The Morgan fingerprint density at radius 1 is 0.829 bits per heavy atom. The number of esters is 1. The van der Waals surface area contributed by atoms with Gasteiger partial charge in [0.15, 0.2) is 6.10 Å². The number of ketones is 1. The average molecular weight is 538 g/mol. The number of hydrogen-bond donors (Lipinski definition) is 1. The van der Waals surface area contributed by atoms with Crippen molar-refractivity contribution in [1.82, 2.24) is 5.32 Å². The van der Waals surface area contributed by atoms with Crippen LogP contribution in [0.3, 0.4) is 0 Å². The molecule has 35 heavy (non-hydrogen) atoms. The van der Waals surface area contributed by atoms with Gasteiger partial charge in [-0.15, -0.1) is 0 Å². The first-order valence-corrected chi connectivity index (χ1v) is 11.9. The first-order chi connectivity index (χ1) is 16.5. The van der Waals surface area contributed by atoms with Crippen molar-refractivity contribution < 1.29 is 23.9 Å². The van der Waals surface area contributed by atoms with E-state index in [1.54, 1.807) is 87.5 Å². The second kappa shape index (κ2) is 11.3. The molecule has 3 aromatic rings. The predicted molar refractivity (Wildman–Crippen MR) is 137 cm³/mol. The second-order valence-electron chi connectivity index (χ2n) is 9.10. The van der Waals surface area contributed by atoms with Crippen LogP contribution in [0.25, 0.3) is 0 Å². The second-order valence-corrected chi connectivity index (χ2v) is 10.0. The summed E-state index contributed by atoms with van der Waals surface area (Å²) in [6, 6.07) is 21.4. The molecule has 0 aliphatic rings. The quantitative estimate of drug-likeness (QED) is 0.277. The maximum absolute atomic E-state index is 13.7. The Bertz CT molecular complexity index is 1170. The Hall–Kier alpha value is -3.45. The largest absolute Gasteiger partial charge is 0.448 e. The van der Waals surface area contributed by atoms with E-state index >= 15 is 0 Å². The molecule has 0 bridgehead atoms. The lowest BCUT2D eigenvalue weighted by molar-refractivity contribution is 0.0149. The minimum atomic E-state index is -1.35. The van der Waals surface area contributed by atoms with Gasteiger partial charge in [-0.2, -0.15) is 0 Å². The third-order valence-corrected chi connectivity index (χ3v) is 5.57. The third kappa shape index (κ3) is 7.52. The number of ether oxygens (including phenoxy) is 2. The third-order valence-electron chi connectivity index (χ3n) is 5.04. The molecule has 0 aliphatic carbocycles. The van der Waals surface area contributed by atoms with E-state index < -0.39 is 35.6 Å². The summed E-state index contributed by atoms with van der Waals surface area (Å²) in [5.41, 5.74) is 1.47. The Morgan fingerprint density at radius 3 is 2.00 bits per heavy atom. The van der Waals surface area contributed by atoms with Gasteiger partial charge in [-0.05, 0) is 57.5 Å². The molecule has 0 aliphatic heterocycles. The molecule has 0 heterocycles. The lowest BCUT2D eigenvalue weighted by Crippen LogP contribution is -2.44. The summed E-state index contributed by atoms with van der Waals surface area (Å²) in [5, 5.41) is 2.76. The minimum absolute atomic E-state index is 0.293.